The Kier molecular flexibility index (Phi) is 7.41. The van der Waals surface area contributed by atoms with E-state index in [4.69, 9.17) is 21.9 Å². The fourth-order valence-electron chi connectivity index (χ4n) is 2.84. The first-order chi connectivity index (χ1) is 14.1. The van der Waals surface area contributed by atoms with Crippen LogP contribution in [0.2, 0.25) is 0 Å². The van der Waals surface area contributed by atoms with Crippen LogP contribution in [0.15, 0.2) is 17.1 Å². The van der Waals surface area contributed by atoms with Crippen molar-refractivity contribution in [2.75, 3.05) is 18.9 Å². The predicted molar refractivity (Wildman–Crippen MR) is 98.0 cm³/mol. The van der Waals surface area contributed by atoms with Crippen LogP contribution in [0.4, 0.5) is 5.82 Å². The number of nitrogens with one attached hydrogen (secondary N) is 2. The average molecular weight is 429 g/mol. The number of aliphatic hydroxyl groups excluding tert-OH is 3. The second-order valence-corrected chi connectivity index (χ2v) is 6.41. The van der Waals surface area contributed by atoms with E-state index in [-0.39, 0.29) is 5.82 Å². The first-order valence-corrected chi connectivity index (χ1v) is 8.67. The number of nitrogens with two attached hydrogens (primary N) is 3. The summed E-state index contributed by atoms with van der Waals surface area (Å²) in [5.74, 6) is -2.98. The molecule has 15 nitrogen and oxygen atoms in total. The highest BCUT2D eigenvalue weighted by Crippen LogP contribution is 2.27. The van der Waals surface area contributed by atoms with Crippen LogP contribution in [0.25, 0.3) is 0 Å². The van der Waals surface area contributed by atoms with E-state index in [1.54, 1.807) is 0 Å². The second-order valence-electron chi connectivity index (χ2n) is 6.41. The van der Waals surface area contributed by atoms with E-state index in [0.717, 1.165) is 10.8 Å². The zero-order valence-electron chi connectivity index (χ0n) is 15.5. The molecule has 1 unspecified atom stereocenters. The molecule has 166 valence electrons. The number of rotatable bonds is 7. The van der Waals surface area contributed by atoms with Crippen LogP contribution >= 0.6 is 0 Å². The number of anilines is 1. The number of carbonyl (C=O) groups is 3. The second kappa shape index (κ2) is 9.59. The van der Waals surface area contributed by atoms with Gasteiger partial charge in [0, 0.05) is 6.20 Å². The largest absolute Gasteiger partial charge is 0.394 e. The van der Waals surface area contributed by atoms with Crippen LogP contribution < -0.4 is 33.5 Å². The lowest BCUT2D eigenvalue weighted by molar-refractivity contribution is -0.212. The molecule has 0 spiro atoms. The molecule has 1 aliphatic rings. The molecule has 1 fully saturated rings. The van der Waals surface area contributed by atoms with Gasteiger partial charge in [-0.05, 0) is 6.07 Å². The van der Waals surface area contributed by atoms with Crippen molar-refractivity contribution in [3.63, 3.8) is 0 Å². The number of ether oxygens (including phenoxy) is 1. The zero-order chi connectivity index (χ0) is 22.6. The Bertz CT molecular complexity index is 862. The van der Waals surface area contributed by atoms with Gasteiger partial charge in [-0.3, -0.25) is 19.0 Å². The number of carbonyl (C=O) groups excluding carboxylic acids is 3. The van der Waals surface area contributed by atoms with Gasteiger partial charge in [0.05, 0.1) is 19.2 Å². The lowest BCUT2D eigenvalue weighted by Gasteiger charge is -2.42. The third-order valence-electron chi connectivity index (χ3n) is 4.36. The Morgan fingerprint density at radius 1 is 1.30 bits per heavy atom. The van der Waals surface area contributed by atoms with Gasteiger partial charge in [0.1, 0.15) is 24.1 Å². The van der Waals surface area contributed by atoms with Crippen LogP contribution in [-0.4, -0.2) is 86.1 Å². The molecule has 30 heavy (non-hydrogen) atoms. The van der Waals surface area contributed by atoms with Gasteiger partial charge in [0.25, 0.3) is 0 Å². The zero-order valence-corrected chi connectivity index (χ0v) is 15.5. The van der Waals surface area contributed by atoms with Gasteiger partial charge in [-0.2, -0.15) is 4.98 Å². The van der Waals surface area contributed by atoms with Crippen molar-refractivity contribution in [3.8, 4) is 0 Å². The van der Waals surface area contributed by atoms with Gasteiger partial charge in [-0.25, -0.2) is 4.79 Å². The number of hydrogen-bond donors (Lipinski definition) is 8. The molecule has 2 heterocycles. The molecule has 1 aromatic heterocycles. The van der Waals surface area contributed by atoms with Crippen molar-refractivity contribution in [1.29, 1.82) is 0 Å². The maximum atomic E-state index is 12.4. The lowest BCUT2D eigenvalue weighted by atomic mass is 9.94. The SMILES string of the molecule is NCC(=O)N[C@@H](CO)C(=O)N[C@H]1[C@H](O)[C@@H](O)C(n2ccc(N)nc2=O)O[C@@H]1C(N)=O. The summed E-state index contributed by atoms with van der Waals surface area (Å²) in [5, 5.41) is 34.5. The van der Waals surface area contributed by atoms with E-state index in [1.165, 1.54) is 6.07 Å². The smallest absolute Gasteiger partial charge is 0.351 e. The summed E-state index contributed by atoms with van der Waals surface area (Å²) in [4.78, 5) is 51.1. The average Bonchev–Trinajstić information content (AvgIpc) is 2.69. The highest BCUT2D eigenvalue weighted by atomic mass is 16.5. The Hall–Kier alpha value is -3.11. The minimum atomic E-state index is -1.83. The first kappa shape index (κ1) is 23.2. The van der Waals surface area contributed by atoms with E-state index in [2.05, 4.69) is 15.6 Å². The van der Waals surface area contributed by atoms with Crippen LogP contribution in [0.3, 0.4) is 0 Å². The summed E-state index contributed by atoms with van der Waals surface area (Å²) < 4.78 is 6.17. The van der Waals surface area contributed by atoms with Crippen molar-refractivity contribution in [2.24, 2.45) is 11.5 Å². The molecule has 1 aliphatic heterocycles. The third kappa shape index (κ3) is 4.89. The molecule has 1 aromatic rings. The van der Waals surface area contributed by atoms with Crippen molar-refractivity contribution in [2.45, 2.75) is 36.6 Å². The molecule has 0 saturated carbocycles. The molecule has 6 atom stereocenters. The van der Waals surface area contributed by atoms with Crippen molar-refractivity contribution in [1.82, 2.24) is 20.2 Å². The van der Waals surface area contributed by atoms with Gasteiger partial charge < -0.3 is 47.9 Å². The molecular weight excluding hydrogens is 406 g/mol. The summed E-state index contributed by atoms with van der Waals surface area (Å²) in [6.07, 6.45) is -5.77. The van der Waals surface area contributed by atoms with Crippen molar-refractivity contribution >= 4 is 23.5 Å². The predicted octanol–water partition coefficient (Wildman–Crippen LogP) is -6.15. The van der Waals surface area contributed by atoms with E-state index in [0.29, 0.717) is 0 Å². The summed E-state index contributed by atoms with van der Waals surface area (Å²) in [5.41, 5.74) is 14.9. The van der Waals surface area contributed by atoms with Gasteiger partial charge >= 0.3 is 5.69 Å². The van der Waals surface area contributed by atoms with E-state index in [1.807, 2.05) is 0 Å². The summed E-state index contributed by atoms with van der Waals surface area (Å²) in [6.45, 7) is -1.27. The highest BCUT2D eigenvalue weighted by molar-refractivity contribution is 5.89. The third-order valence-corrected chi connectivity index (χ3v) is 4.36. The highest BCUT2D eigenvalue weighted by Gasteiger charge is 2.49. The minimum Gasteiger partial charge on any atom is -0.394 e. The first-order valence-electron chi connectivity index (χ1n) is 8.67. The fourth-order valence-corrected chi connectivity index (χ4v) is 2.84. The maximum absolute atomic E-state index is 12.4. The summed E-state index contributed by atoms with van der Waals surface area (Å²) in [7, 11) is 0. The van der Waals surface area contributed by atoms with Crippen LogP contribution in [0.5, 0.6) is 0 Å². The van der Waals surface area contributed by atoms with Gasteiger partial charge in [-0.15, -0.1) is 0 Å². The fraction of sp³-hybridized carbons (Fsp3) is 0.533. The van der Waals surface area contributed by atoms with E-state index in [9.17, 15) is 34.5 Å². The Morgan fingerprint density at radius 3 is 2.50 bits per heavy atom. The number of hydrogen-bond acceptors (Lipinski definition) is 11. The van der Waals surface area contributed by atoms with Crippen LogP contribution in [-0.2, 0) is 19.1 Å². The van der Waals surface area contributed by atoms with Crippen molar-refractivity contribution < 1.29 is 34.4 Å². The Morgan fingerprint density at radius 2 is 1.97 bits per heavy atom. The molecule has 11 N–H and O–H groups in total. The van der Waals surface area contributed by atoms with Gasteiger partial charge in [0.2, 0.25) is 17.7 Å². The molecule has 15 heteroatoms. The molecule has 0 bridgehead atoms. The Labute approximate surface area is 168 Å². The number of nitrogen functional groups attached to an aromatic ring is 1. The number of aromatic nitrogens is 2. The van der Waals surface area contributed by atoms with Crippen LogP contribution in [0.1, 0.15) is 6.23 Å². The number of amides is 3. The molecule has 0 aromatic carbocycles. The Balaban J connectivity index is 2.27. The quantitative estimate of drug-likeness (QED) is 0.202. The van der Waals surface area contributed by atoms with E-state index < -0.39 is 73.2 Å². The topological polar surface area (TPSA) is 258 Å². The monoisotopic (exact) mass is 429 g/mol. The maximum Gasteiger partial charge on any atom is 0.351 e. The molecule has 0 aliphatic carbocycles. The standard InChI is InChI=1S/C15H23N7O8/c16-3-7(24)19-5(4-23)13(28)21-8-9(25)10(26)14(30-11(8)12(18)27)22-2-1-6(17)20-15(22)29/h1-2,5,8-11,14,23,25-26H,3-4,16H2,(H2,18,27)(H,19,24)(H,21,28)(H2,17,20,29)/t5-,8-,9-,10+,11-,14?/m0/s1. The number of primary amides is 1. The molecule has 0 radical (unpaired) electrons. The number of nitrogens with zero attached hydrogens (tertiary/aromatic N) is 2. The normalized spacial score (nSPS) is 27.1. The van der Waals surface area contributed by atoms with E-state index >= 15 is 0 Å². The van der Waals surface area contributed by atoms with Crippen molar-refractivity contribution in [3.05, 3.63) is 22.7 Å². The molecule has 3 amide bonds. The molecule has 1 saturated heterocycles. The molecule has 2 rings (SSSR count). The van der Waals surface area contributed by atoms with Crippen LogP contribution in [0, 0.1) is 0 Å². The van der Waals surface area contributed by atoms with Gasteiger partial charge in [-0.1, -0.05) is 0 Å². The number of aliphatic hydroxyl groups is 3. The molecular formula is C15H23N7O8. The lowest BCUT2D eigenvalue weighted by Crippen LogP contribution is -2.67. The van der Waals surface area contributed by atoms with Gasteiger partial charge in [0.15, 0.2) is 12.3 Å². The summed E-state index contributed by atoms with van der Waals surface area (Å²) >= 11 is 0. The minimum absolute atomic E-state index is 0.103. The summed E-state index contributed by atoms with van der Waals surface area (Å²) in [6, 6.07) is -1.80.